The second-order valence-electron chi connectivity index (χ2n) is 5.67. The van der Waals surface area contributed by atoms with Gasteiger partial charge >= 0.3 is 6.41 Å². The SMILES string of the molecule is O=[C]N[C@H]1CCCCN(CC(=O)NCC2C=CC=CC2)C1=O. The first kappa shape index (κ1) is 16.3. The number of nitrogens with one attached hydrogen (secondary N) is 2. The number of likely N-dealkylation sites (tertiary alicyclic amines) is 1. The van der Waals surface area contributed by atoms with Crippen LogP contribution >= 0.6 is 0 Å². The van der Waals surface area contributed by atoms with Crippen molar-refractivity contribution in [2.24, 2.45) is 5.92 Å². The van der Waals surface area contributed by atoms with Gasteiger partial charge in [-0.05, 0) is 31.6 Å². The number of allylic oxidation sites excluding steroid dienone is 3. The molecule has 0 bridgehead atoms. The van der Waals surface area contributed by atoms with Gasteiger partial charge in [-0.25, -0.2) is 0 Å². The third-order valence-electron chi connectivity index (χ3n) is 3.98. The molecule has 6 heteroatoms. The van der Waals surface area contributed by atoms with E-state index in [1.807, 2.05) is 12.2 Å². The molecule has 2 atom stereocenters. The molecule has 0 aromatic heterocycles. The molecular weight excluding hydrogens is 282 g/mol. The standard InChI is InChI=1S/C16H22N3O3/c20-12-18-14-8-4-5-9-19(16(14)22)11-15(21)17-10-13-6-2-1-3-7-13/h1-3,6,13-14H,4-5,7-11H2,(H,17,21)(H,18,20)/t13?,14-/m0/s1. The summed E-state index contributed by atoms with van der Waals surface area (Å²) in [6.45, 7) is 1.17. The van der Waals surface area contributed by atoms with Gasteiger partial charge in [-0.1, -0.05) is 24.3 Å². The van der Waals surface area contributed by atoms with Gasteiger partial charge in [0.25, 0.3) is 0 Å². The molecule has 0 saturated carbocycles. The van der Waals surface area contributed by atoms with E-state index in [9.17, 15) is 14.4 Å². The van der Waals surface area contributed by atoms with E-state index in [0.717, 1.165) is 19.3 Å². The molecule has 3 amide bonds. The van der Waals surface area contributed by atoms with Crippen LogP contribution in [0.4, 0.5) is 0 Å². The van der Waals surface area contributed by atoms with Gasteiger partial charge in [0.15, 0.2) is 0 Å². The molecule has 22 heavy (non-hydrogen) atoms. The number of carbonyl (C=O) groups excluding carboxylic acids is 3. The summed E-state index contributed by atoms with van der Waals surface area (Å²) in [7, 11) is 0. The first-order valence-electron chi connectivity index (χ1n) is 7.72. The maximum Gasteiger partial charge on any atom is 0.309 e. The molecule has 0 aromatic rings. The molecule has 2 N–H and O–H groups in total. The molecule has 119 valence electrons. The van der Waals surface area contributed by atoms with Gasteiger partial charge in [0.05, 0.1) is 6.54 Å². The minimum atomic E-state index is -0.556. The molecule has 0 spiro atoms. The fraction of sp³-hybridized carbons (Fsp3) is 0.562. The molecule has 1 aliphatic heterocycles. The van der Waals surface area contributed by atoms with E-state index in [1.165, 1.54) is 4.90 Å². The largest absolute Gasteiger partial charge is 0.354 e. The highest BCUT2D eigenvalue weighted by Gasteiger charge is 2.27. The average molecular weight is 304 g/mol. The van der Waals surface area contributed by atoms with Crippen molar-refractivity contribution in [3.63, 3.8) is 0 Å². The Morgan fingerprint density at radius 2 is 2.23 bits per heavy atom. The monoisotopic (exact) mass is 304 g/mol. The van der Waals surface area contributed by atoms with Crippen molar-refractivity contribution in [1.29, 1.82) is 0 Å². The van der Waals surface area contributed by atoms with Crippen molar-refractivity contribution >= 4 is 18.2 Å². The molecule has 6 nitrogen and oxygen atoms in total. The number of carbonyl (C=O) groups is 2. The van der Waals surface area contributed by atoms with Crippen molar-refractivity contribution in [3.05, 3.63) is 24.3 Å². The molecular formula is C16H22N3O3. The van der Waals surface area contributed by atoms with Crippen LogP contribution in [0.5, 0.6) is 0 Å². The van der Waals surface area contributed by atoms with Crippen LogP contribution in [-0.4, -0.2) is 48.8 Å². The first-order chi connectivity index (χ1) is 10.7. The maximum absolute atomic E-state index is 12.3. The molecule has 1 heterocycles. The van der Waals surface area contributed by atoms with Gasteiger partial charge in [0.2, 0.25) is 11.8 Å². The quantitative estimate of drug-likeness (QED) is 0.692. The van der Waals surface area contributed by atoms with Crippen LogP contribution in [-0.2, 0) is 14.4 Å². The van der Waals surface area contributed by atoms with Crippen molar-refractivity contribution in [2.75, 3.05) is 19.6 Å². The minimum Gasteiger partial charge on any atom is -0.354 e. The number of hydrogen-bond donors (Lipinski definition) is 2. The van der Waals surface area contributed by atoms with E-state index < -0.39 is 6.04 Å². The van der Waals surface area contributed by atoms with Crippen molar-refractivity contribution in [2.45, 2.75) is 31.7 Å². The Labute approximate surface area is 130 Å². The number of hydrogen-bond acceptors (Lipinski definition) is 3. The minimum absolute atomic E-state index is 0.0438. The fourth-order valence-electron chi connectivity index (χ4n) is 2.72. The Hall–Kier alpha value is -2.11. The highest BCUT2D eigenvalue weighted by molar-refractivity contribution is 5.88. The highest BCUT2D eigenvalue weighted by atomic mass is 16.2. The summed E-state index contributed by atoms with van der Waals surface area (Å²) in [6.07, 6.45) is 12.9. The molecule has 1 aliphatic carbocycles. The molecule has 2 aliphatic rings. The normalized spacial score (nSPS) is 24.7. The lowest BCUT2D eigenvalue weighted by molar-refractivity contribution is -0.137. The Morgan fingerprint density at radius 3 is 2.95 bits per heavy atom. The lowest BCUT2D eigenvalue weighted by atomic mass is 10.0. The van der Waals surface area contributed by atoms with Crippen LogP contribution in [0.1, 0.15) is 25.7 Å². The zero-order valence-electron chi connectivity index (χ0n) is 12.6. The van der Waals surface area contributed by atoms with E-state index in [0.29, 0.717) is 25.4 Å². The van der Waals surface area contributed by atoms with Crippen molar-refractivity contribution in [3.8, 4) is 0 Å². The van der Waals surface area contributed by atoms with Crippen LogP contribution in [0.2, 0.25) is 0 Å². The summed E-state index contributed by atoms with van der Waals surface area (Å²) < 4.78 is 0. The molecule has 2 rings (SSSR count). The molecule has 1 unspecified atom stereocenters. The van der Waals surface area contributed by atoms with Crippen molar-refractivity contribution in [1.82, 2.24) is 15.5 Å². The summed E-state index contributed by atoms with van der Waals surface area (Å²) in [5.41, 5.74) is 0. The summed E-state index contributed by atoms with van der Waals surface area (Å²) in [4.78, 5) is 36.3. The lowest BCUT2D eigenvalue weighted by Crippen LogP contribution is -2.48. The third kappa shape index (κ3) is 4.72. The van der Waals surface area contributed by atoms with Gasteiger partial charge < -0.3 is 15.5 Å². The summed E-state index contributed by atoms with van der Waals surface area (Å²) in [5.74, 6) is -0.0450. The Kier molecular flexibility index (Phi) is 6.18. The second kappa shape index (κ2) is 8.36. The number of rotatable bonds is 6. The van der Waals surface area contributed by atoms with Gasteiger partial charge in [0.1, 0.15) is 6.04 Å². The van der Waals surface area contributed by atoms with E-state index >= 15 is 0 Å². The lowest BCUT2D eigenvalue weighted by Gasteiger charge is -2.23. The van der Waals surface area contributed by atoms with Gasteiger partial charge in [-0.3, -0.25) is 14.4 Å². The second-order valence-corrected chi connectivity index (χ2v) is 5.67. The van der Waals surface area contributed by atoms with Gasteiger partial charge in [0, 0.05) is 13.1 Å². The van der Waals surface area contributed by atoms with Crippen LogP contribution in [0.3, 0.4) is 0 Å². The smallest absolute Gasteiger partial charge is 0.309 e. The van der Waals surface area contributed by atoms with Crippen LogP contribution in [0, 0.1) is 5.92 Å². The maximum atomic E-state index is 12.3. The predicted octanol–water partition coefficient (Wildman–Crippen LogP) is 0.273. The van der Waals surface area contributed by atoms with Crippen molar-refractivity contribution < 1.29 is 14.4 Å². The van der Waals surface area contributed by atoms with Gasteiger partial charge in [-0.15, -0.1) is 0 Å². The van der Waals surface area contributed by atoms with Crippen LogP contribution < -0.4 is 10.6 Å². The molecule has 1 saturated heterocycles. The molecule has 0 aromatic carbocycles. The highest BCUT2D eigenvalue weighted by Crippen LogP contribution is 2.12. The van der Waals surface area contributed by atoms with Crippen LogP contribution in [0.25, 0.3) is 0 Å². The first-order valence-corrected chi connectivity index (χ1v) is 7.72. The topological polar surface area (TPSA) is 78.5 Å². The average Bonchev–Trinajstić information content (AvgIpc) is 2.70. The zero-order valence-corrected chi connectivity index (χ0v) is 12.6. The molecule has 1 fully saturated rings. The summed E-state index contributed by atoms with van der Waals surface area (Å²) >= 11 is 0. The van der Waals surface area contributed by atoms with E-state index in [2.05, 4.69) is 22.8 Å². The van der Waals surface area contributed by atoms with E-state index in [4.69, 9.17) is 0 Å². The summed E-state index contributed by atoms with van der Waals surface area (Å²) in [6, 6.07) is -0.556. The third-order valence-corrected chi connectivity index (χ3v) is 3.98. The summed E-state index contributed by atoms with van der Waals surface area (Å²) in [5, 5.41) is 5.29. The Balaban J connectivity index is 1.81. The van der Waals surface area contributed by atoms with E-state index in [-0.39, 0.29) is 18.4 Å². The molecule has 1 radical (unpaired) electrons. The number of nitrogens with zero attached hydrogens (tertiary/aromatic N) is 1. The van der Waals surface area contributed by atoms with Gasteiger partial charge in [-0.2, -0.15) is 0 Å². The fourth-order valence-corrected chi connectivity index (χ4v) is 2.72. The number of amides is 3. The zero-order chi connectivity index (χ0) is 15.8. The Bertz CT molecular complexity index is 473. The van der Waals surface area contributed by atoms with Crippen LogP contribution in [0.15, 0.2) is 24.3 Å². The Morgan fingerprint density at radius 1 is 1.36 bits per heavy atom. The predicted molar refractivity (Wildman–Crippen MR) is 82.4 cm³/mol. The van der Waals surface area contributed by atoms with E-state index in [1.54, 1.807) is 6.41 Å².